The van der Waals surface area contributed by atoms with Gasteiger partial charge in [0.15, 0.2) is 0 Å². The number of rotatable bonds is 3. The van der Waals surface area contributed by atoms with Crippen LogP contribution in [0.1, 0.15) is 38.8 Å². The summed E-state index contributed by atoms with van der Waals surface area (Å²) in [7, 11) is 0. The molecule has 1 saturated carbocycles. The van der Waals surface area contributed by atoms with Crippen LogP contribution < -0.4 is 11.1 Å². The molecule has 1 aliphatic rings. The highest BCUT2D eigenvalue weighted by molar-refractivity contribution is 5.68. The van der Waals surface area contributed by atoms with Gasteiger partial charge < -0.3 is 11.1 Å². The molecule has 0 atom stereocenters. The summed E-state index contributed by atoms with van der Waals surface area (Å²) in [5.41, 5.74) is 11.4. The molecular weight excluding hydrogens is 220 g/mol. The third kappa shape index (κ3) is 1.88. The summed E-state index contributed by atoms with van der Waals surface area (Å²) in [5, 5.41) is 3.53. The molecule has 2 nitrogen and oxygen atoms in total. The van der Waals surface area contributed by atoms with Crippen LogP contribution in [0.4, 0.5) is 11.4 Å². The van der Waals surface area contributed by atoms with Crippen LogP contribution in [0.15, 0.2) is 12.1 Å². The average Bonchev–Trinajstić information content (AvgIpc) is 2.62. The molecule has 100 valence electrons. The van der Waals surface area contributed by atoms with E-state index >= 15 is 0 Å². The van der Waals surface area contributed by atoms with Crippen molar-refractivity contribution in [2.75, 3.05) is 17.6 Å². The van der Waals surface area contributed by atoms with Crippen LogP contribution in [0.3, 0.4) is 0 Å². The number of nitrogens with one attached hydrogen (secondary N) is 1. The van der Waals surface area contributed by atoms with E-state index < -0.39 is 0 Å². The molecule has 3 N–H and O–H groups in total. The average molecular weight is 246 g/mol. The molecule has 0 saturated heterocycles. The molecule has 0 radical (unpaired) electrons. The third-order valence-corrected chi connectivity index (χ3v) is 5.48. The van der Waals surface area contributed by atoms with Crippen molar-refractivity contribution in [2.45, 2.75) is 41.5 Å². The van der Waals surface area contributed by atoms with Crippen LogP contribution >= 0.6 is 0 Å². The van der Waals surface area contributed by atoms with Crippen LogP contribution in [0.2, 0.25) is 0 Å². The van der Waals surface area contributed by atoms with E-state index in [0.29, 0.717) is 16.7 Å². The first-order valence-electron chi connectivity index (χ1n) is 6.78. The Labute approximate surface area is 111 Å². The molecule has 0 heterocycles. The van der Waals surface area contributed by atoms with E-state index in [-0.39, 0.29) is 0 Å². The van der Waals surface area contributed by atoms with E-state index in [1.807, 2.05) is 0 Å². The van der Waals surface area contributed by atoms with Gasteiger partial charge in [-0.25, -0.2) is 0 Å². The monoisotopic (exact) mass is 246 g/mol. The van der Waals surface area contributed by atoms with Gasteiger partial charge in [-0.15, -0.1) is 0 Å². The predicted octanol–water partition coefficient (Wildman–Crippen LogP) is 3.98. The van der Waals surface area contributed by atoms with Gasteiger partial charge in [-0.2, -0.15) is 0 Å². The van der Waals surface area contributed by atoms with Gasteiger partial charge in [0.2, 0.25) is 0 Å². The molecular formula is C16H26N2. The smallest absolute Gasteiger partial charge is 0.0576 e. The zero-order valence-corrected chi connectivity index (χ0v) is 12.5. The summed E-state index contributed by atoms with van der Waals surface area (Å²) in [6.07, 6.45) is 0. The summed E-state index contributed by atoms with van der Waals surface area (Å²) in [5.74, 6) is 0.714. The Hall–Kier alpha value is -1.18. The number of hydrogen-bond donors (Lipinski definition) is 2. The largest absolute Gasteiger partial charge is 0.397 e. The highest BCUT2D eigenvalue weighted by Crippen LogP contribution is 2.68. The standard InChI is InChI=1S/C16H26N2/c1-10-7-12(17)13(8-11(10)2)18-9-14-15(3,4)16(14,5)6/h7-8,14,18H,9,17H2,1-6H3. The highest BCUT2D eigenvalue weighted by Gasteiger charge is 2.64. The molecule has 0 bridgehead atoms. The Bertz CT molecular complexity index is 458. The Balaban J connectivity index is 2.07. The number of hydrogen-bond acceptors (Lipinski definition) is 2. The number of anilines is 2. The van der Waals surface area contributed by atoms with Crippen LogP contribution in [-0.2, 0) is 0 Å². The summed E-state index contributed by atoms with van der Waals surface area (Å²) in [6, 6.07) is 4.22. The Kier molecular flexibility index (Phi) is 2.88. The van der Waals surface area contributed by atoms with E-state index in [4.69, 9.17) is 5.73 Å². The highest BCUT2D eigenvalue weighted by atomic mass is 14.9. The Morgan fingerprint density at radius 2 is 1.56 bits per heavy atom. The predicted molar refractivity (Wildman–Crippen MR) is 79.9 cm³/mol. The molecule has 2 rings (SSSR count). The van der Waals surface area contributed by atoms with E-state index in [1.54, 1.807) is 0 Å². The molecule has 2 heteroatoms. The number of nitrogen functional groups attached to an aromatic ring is 1. The lowest BCUT2D eigenvalue weighted by atomic mass is 10.0. The van der Waals surface area contributed by atoms with Crippen molar-refractivity contribution < 1.29 is 0 Å². The minimum absolute atomic E-state index is 0.425. The number of aryl methyl sites for hydroxylation is 2. The van der Waals surface area contributed by atoms with Crippen LogP contribution in [0.5, 0.6) is 0 Å². The van der Waals surface area contributed by atoms with Crippen molar-refractivity contribution in [1.82, 2.24) is 0 Å². The molecule has 0 unspecified atom stereocenters. The van der Waals surface area contributed by atoms with Crippen molar-refractivity contribution >= 4 is 11.4 Å². The first-order chi connectivity index (χ1) is 8.18. The fourth-order valence-electron chi connectivity index (χ4n) is 3.05. The topological polar surface area (TPSA) is 38.0 Å². The van der Waals surface area contributed by atoms with Gasteiger partial charge in [0.05, 0.1) is 11.4 Å². The molecule has 0 aliphatic heterocycles. The van der Waals surface area contributed by atoms with Crippen LogP contribution in [0.25, 0.3) is 0 Å². The van der Waals surface area contributed by atoms with Gasteiger partial charge in [0, 0.05) is 6.54 Å². The van der Waals surface area contributed by atoms with Crippen molar-refractivity contribution in [1.29, 1.82) is 0 Å². The zero-order chi connectivity index (χ0) is 13.7. The first kappa shape index (κ1) is 13.3. The SMILES string of the molecule is Cc1cc(N)c(NCC2C(C)(C)C2(C)C)cc1C. The maximum atomic E-state index is 6.07. The van der Waals surface area contributed by atoms with E-state index in [9.17, 15) is 0 Å². The van der Waals surface area contributed by atoms with Crippen molar-refractivity contribution in [3.63, 3.8) is 0 Å². The summed E-state index contributed by atoms with van der Waals surface area (Å²) in [4.78, 5) is 0. The minimum atomic E-state index is 0.425. The van der Waals surface area contributed by atoms with E-state index in [1.165, 1.54) is 11.1 Å². The Morgan fingerprint density at radius 1 is 1.06 bits per heavy atom. The van der Waals surface area contributed by atoms with Gasteiger partial charge >= 0.3 is 0 Å². The molecule has 1 aromatic carbocycles. The van der Waals surface area contributed by atoms with Gasteiger partial charge in [-0.05, 0) is 53.9 Å². The third-order valence-electron chi connectivity index (χ3n) is 5.48. The number of benzene rings is 1. The summed E-state index contributed by atoms with van der Waals surface area (Å²) in [6.45, 7) is 14.6. The fraction of sp³-hybridized carbons (Fsp3) is 0.625. The maximum absolute atomic E-state index is 6.07. The molecule has 18 heavy (non-hydrogen) atoms. The summed E-state index contributed by atoms with van der Waals surface area (Å²) >= 11 is 0. The molecule has 1 aliphatic carbocycles. The first-order valence-corrected chi connectivity index (χ1v) is 6.78. The molecule has 0 aromatic heterocycles. The van der Waals surface area contributed by atoms with Gasteiger partial charge in [0.25, 0.3) is 0 Å². The van der Waals surface area contributed by atoms with Gasteiger partial charge in [0.1, 0.15) is 0 Å². The molecule has 0 amide bonds. The second kappa shape index (κ2) is 3.91. The zero-order valence-electron chi connectivity index (χ0n) is 12.5. The lowest BCUT2D eigenvalue weighted by Crippen LogP contribution is -2.10. The molecule has 1 fully saturated rings. The minimum Gasteiger partial charge on any atom is -0.397 e. The lowest BCUT2D eigenvalue weighted by Gasteiger charge is -2.13. The molecule has 1 aromatic rings. The van der Waals surface area contributed by atoms with Crippen LogP contribution in [-0.4, -0.2) is 6.54 Å². The van der Waals surface area contributed by atoms with Crippen molar-refractivity contribution in [3.05, 3.63) is 23.3 Å². The fourth-order valence-corrected chi connectivity index (χ4v) is 3.05. The number of nitrogens with two attached hydrogens (primary N) is 1. The van der Waals surface area contributed by atoms with Crippen molar-refractivity contribution in [3.8, 4) is 0 Å². The van der Waals surface area contributed by atoms with Crippen LogP contribution in [0, 0.1) is 30.6 Å². The Morgan fingerprint density at radius 3 is 2.06 bits per heavy atom. The quantitative estimate of drug-likeness (QED) is 0.792. The second-order valence-corrected chi connectivity index (χ2v) is 6.90. The van der Waals surface area contributed by atoms with E-state index in [2.05, 4.69) is 59.0 Å². The van der Waals surface area contributed by atoms with Crippen molar-refractivity contribution in [2.24, 2.45) is 16.7 Å². The second-order valence-electron chi connectivity index (χ2n) is 6.90. The van der Waals surface area contributed by atoms with Gasteiger partial charge in [-0.1, -0.05) is 27.7 Å². The molecule has 0 spiro atoms. The maximum Gasteiger partial charge on any atom is 0.0576 e. The van der Waals surface area contributed by atoms with E-state index in [0.717, 1.165) is 17.9 Å². The lowest BCUT2D eigenvalue weighted by molar-refractivity contribution is 0.457. The van der Waals surface area contributed by atoms with Gasteiger partial charge in [-0.3, -0.25) is 0 Å². The normalized spacial score (nSPS) is 20.8. The summed E-state index contributed by atoms with van der Waals surface area (Å²) < 4.78 is 0.